The number of hydrogen-bond acceptors (Lipinski definition) is 9. The van der Waals surface area contributed by atoms with Crippen LogP contribution < -0.4 is 28.4 Å². The van der Waals surface area contributed by atoms with Crippen LogP contribution in [0.5, 0.6) is 34.5 Å². The number of aromatic nitrogens is 2. The predicted molar refractivity (Wildman–Crippen MR) is 110 cm³/mol. The Kier molecular flexibility index (Phi) is 5.61. The molecule has 0 aliphatic carbocycles. The second kappa shape index (κ2) is 8.36. The zero-order valence-electron chi connectivity index (χ0n) is 16.3. The molecule has 0 fully saturated rings. The van der Waals surface area contributed by atoms with Crippen LogP contribution in [0.3, 0.4) is 0 Å². The summed E-state index contributed by atoms with van der Waals surface area (Å²) < 4.78 is 54.9. The van der Waals surface area contributed by atoms with Crippen molar-refractivity contribution in [1.29, 1.82) is 0 Å². The van der Waals surface area contributed by atoms with Crippen molar-refractivity contribution in [3.05, 3.63) is 47.9 Å². The number of fused-ring (bicyclic) bond motifs is 1. The maximum absolute atomic E-state index is 12.9. The molecule has 0 atom stereocenters. The molecule has 31 heavy (non-hydrogen) atoms. The zero-order chi connectivity index (χ0) is 22.0. The summed E-state index contributed by atoms with van der Waals surface area (Å²) in [6, 6.07) is 9.03. The maximum atomic E-state index is 12.9. The Hall–Kier alpha value is -3.44. The molecule has 1 aliphatic heterocycles. The van der Waals surface area contributed by atoms with Gasteiger partial charge >= 0.3 is 0 Å². The molecule has 0 saturated heterocycles. The first-order valence-corrected chi connectivity index (χ1v) is 10.6. The average molecular weight is 466 g/mol. The highest BCUT2D eigenvalue weighted by Crippen LogP contribution is 2.38. The molecule has 162 valence electrons. The van der Waals surface area contributed by atoms with Crippen LogP contribution in [0.1, 0.15) is 0 Å². The minimum atomic E-state index is -4.06. The van der Waals surface area contributed by atoms with Crippen molar-refractivity contribution >= 4 is 27.4 Å². The van der Waals surface area contributed by atoms with Crippen LogP contribution in [0.15, 0.2) is 47.6 Å². The summed E-state index contributed by atoms with van der Waals surface area (Å²) in [5, 5.41) is -0.0971. The van der Waals surface area contributed by atoms with E-state index in [4.69, 9.17) is 35.3 Å². The summed E-state index contributed by atoms with van der Waals surface area (Å²) >= 11 is 6.17. The second-order valence-corrected chi connectivity index (χ2v) is 8.15. The van der Waals surface area contributed by atoms with E-state index < -0.39 is 10.0 Å². The van der Waals surface area contributed by atoms with E-state index >= 15 is 0 Å². The fourth-order valence-corrected chi connectivity index (χ4v) is 3.90. The Labute approximate surface area is 182 Å². The van der Waals surface area contributed by atoms with Crippen molar-refractivity contribution in [1.82, 2.24) is 9.97 Å². The summed E-state index contributed by atoms with van der Waals surface area (Å²) in [4.78, 5) is 7.79. The Balaban J connectivity index is 1.67. The highest BCUT2D eigenvalue weighted by atomic mass is 35.5. The Morgan fingerprint density at radius 1 is 0.968 bits per heavy atom. The van der Waals surface area contributed by atoms with Gasteiger partial charge in [-0.25, -0.2) is 18.4 Å². The number of benzene rings is 2. The lowest BCUT2D eigenvalue weighted by molar-refractivity contribution is 0.174. The molecule has 0 spiro atoms. The van der Waals surface area contributed by atoms with Gasteiger partial charge in [0, 0.05) is 24.3 Å². The SMILES string of the molecule is COc1cc(OC)cc(Oc2c(Cl)ncnc2NS(=O)(=O)c2ccc3c(c2)OCO3)c1. The topological polar surface area (TPSA) is 118 Å². The molecule has 1 aromatic heterocycles. The van der Waals surface area contributed by atoms with E-state index in [1.54, 1.807) is 18.2 Å². The Morgan fingerprint density at radius 3 is 2.35 bits per heavy atom. The summed E-state index contributed by atoms with van der Waals surface area (Å²) in [5.41, 5.74) is 0. The van der Waals surface area contributed by atoms with Gasteiger partial charge in [0.05, 0.1) is 19.1 Å². The van der Waals surface area contributed by atoms with E-state index in [0.29, 0.717) is 23.0 Å². The van der Waals surface area contributed by atoms with E-state index in [1.807, 2.05) is 0 Å². The summed E-state index contributed by atoms with van der Waals surface area (Å²) in [6.07, 6.45) is 1.11. The standard InChI is InChI=1S/C19H16ClN3O7S/c1-26-11-5-12(27-2)7-13(6-11)30-17-18(20)21-9-22-19(17)23-31(24,25)14-3-4-15-16(8-14)29-10-28-15/h3-9H,10H2,1-2H3,(H,21,22,23). The van der Waals surface area contributed by atoms with Crippen LogP contribution in [0.4, 0.5) is 5.82 Å². The molecule has 10 nitrogen and oxygen atoms in total. The average Bonchev–Trinajstić information content (AvgIpc) is 3.23. The van der Waals surface area contributed by atoms with E-state index in [0.717, 1.165) is 6.33 Å². The number of nitrogens with one attached hydrogen (secondary N) is 1. The van der Waals surface area contributed by atoms with Crippen molar-refractivity contribution in [2.45, 2.75) is 4.90 Å². The fourth-order valence-electron chi connectivity index (χ4n) is 2.70. The molecule has 0 amide bonds. The second-order valence-electron chi connectivity index (χ2n) is 6.11. The first-order chi connectivity index (χ1) is 14.9. The van der Waals surface area contributed by atoms with Crippen molar-refractivity contribution < 1.29 is 32.1 Å². The molecular weight excluding hydrogens is 450 g/mol. The lowest BCUT2D eigenvalue weighted by Crippen LogP contribution is -2.15. The minimum Gasteiger partial charge on any atom is -0.496 e. The van der Waals surface area contributed by atoms with Crippen LogP contribution in [0.2, 0.25) is 5.15 Å². The Morgan fingerprint density at radius 2 is 1.65 bits per heavy atom. The molecule has 3 aromatic rings. The molecule has 0 saturated carbocycles. The zero-order valence-corrected chi connectivity index (χ0v) is 17.9. The molecule has 4 rings (SSSR count). The van der Waals surface area contributed by atoms with Gasteiger partial charge in [0.1, 0.15) is 23.6 Å². The molecule has 0 bridgehead atoms. The van der Waals surface area contributed by atoms with E-state index in [1.165, 1.54) is 32.4 Å². The predicted octanol–water partition coefficient (Wildman–Crippen LogP) is 3.47. The van der Waals surface area contributed by atoms with Crippen molar-refractivity contribution in [2.75, 3.05) is 25.7 Å². The third-order valence-corrected chi connectivity index (χ3v) is 5.80. The summed E-state index contributed by atoms with van der Waals surface area (Å²) in [6.45, 7) is 0.0236. The number of anilines is 1. The van der Waals surface area contributed by atoms with Crippen LogP contribution in [0, 0.1) is 0 Å². The number of nitrogens with zero attached hydrogens (tertiary/aromatic N) is 2. The van der Waals surface area contributed by atoms with E-state index in [9.17, 15) is 8.42 Å². The van der Waals surface area contributed by atoms with Crippen molar-refractivity contribution in [2.24, 2.45) is 0 Å². The third kappa shape index (κ3) is 4.37. The third-order valence-electron chi connectivity index (χ3n) is 4.19. The molecule has 0 radical (unpaired) electrons. The number of halogens is 1. The van der Waals surface area contributed by atoms with E-state index in [2.05, 4.69) is 14.7 Å². The molecule has 0 unspecified atom stereocenters. The molecule has 2 aromatic carbocycles. The lowest BCUT2D eigenvalue weighted by atomic mass is 10.3. The molecule has 1 aliphatic rings. The number of rotatable bonds is 7. The smallest absolute Gasteiger partial charge is 0.263 e. The van der Waals surface area contributed by atoms with Gasteiger partial charge in [-0.1, -0.05) is 11.6 Å². The van der Waals surface area contributed by atoms with Gasteiger partial charge in [-0.3, -0.25) is 4.72 Å². The number of sulfonamides is 1. The summed E-state index contributed by atoms with van der Waals surface area (Å²) in [5.74, 6) is 1.73. The monoisotopic (exact) mass is 465 g/mol. The van der Waals surface area contributed by atoms with Gasteiger partial charge in [0.25, 0.3) is 10.0 Å². The molecular formula is C19H16ClN3O7S. The molecule has 1 N–H and O–H groups in total. The van der Waals surface area contributed by atoms with Gasteiger partial charge in [-0.15, -0.1) is 0 Å². The Bertz CT molecular complexity index is 1210. The molecule has 12 heteroatoms. The van der Waals surface area contributed by atoms with Gasteiger partial charge in [-0.2, -0.15) is 0 Å². The number of hydrogen-bond donors (Lipinski definition) is 1. The maximum Gasteiger partial charge on any atom is 0.263 e. The van der Waals surface area contributed by atoms with Crippen LogP contribution in [0.25, 0.3) is 0 Å². The molecule has 2 heterocycles. The van der Waals surface area contributed by atoms with Crippen molar-refractivity contribution in [3.8, 4) is 34.5 Å². The van der Waals surface area contributed by atoms with Crippen molar-refractivity contribution in [3.63, 3.8) is 0 Å². The highest BCUT2D eigenvalue weighted by Gasteiger charge is 2.24. The first kappa shape index (κ1) is 20.8. The normalized spacial score (nSPS) is 12.4. The van der Waals surface area contributed by atoms with E-state index in [-0.39, 0.29) is 34.2 Å². The van der Waals surface area contributed by atoms with Gasteiger partial charge < -0.3 is 23.7 Å². The summed E-state index contributed by atoms with van der Waals surface area (Å²) in [7, 11) is -1.08. The number of methoxy groups -OCH3 is 2. The van der Waals surface area contributed by atoms with Crippen LogP contribution in [-0.2, 0) is 10.0 Å². The van der Waals surface area contributed by atoms with Crippen LogP contribution in [-0.4, -0.2) is 39.4 Å². The minimum absolute atomic E-state index is 0.0236. The van der Waals surface area contributed by atoms with Gasteiger partial charge in [-0.05, 0) is 12.1 Å². The number of ether oxygens (including phenoxy) is 5. The largest absolute Gasteiger partial charge is 0.496 e. The highest BCUT2D eigenvalue weighted by molar-refractivity contribution is 7.92. The quantitative estimate of drug-likeness (QED) is 0.523. The van der Waals surface area contributed by atoms with Gasteiger partial charge in [0.15, 0.2) is 22.5 Å². The lowest BCUT2D eigenvalue weighted by Gasteiger charge is -2.14. The van der Waals surface area contributed by atoms with Crippen LogP contribution >= 0.6 is 11.6 Å². The fraction of sp³-hybridized carbons (Fsp3) is 0.158. The first-order valence-electron chi connectivity index (χ1n) is 8.73. The van der Waals surface area contributed by atoms with Gasteiger partial charge in [0.2, 0.25) is 12.5 Å².